The molecule has 0 unspecified atom stereocenters. The van der Waals surface area contributed by atoms with Crippen molar-refractivity contribution in [2.45, 2.75) is 39.8 Å². The molecule has 0 aliphatic heterocycles. The molecule has 0 aliphatic carbocycles. The van der Waals surface area contributed by atoms with Gasteiger partial charge in [-0.1, -0.05) is 13.8 Å². The summed E-state index contributed by atoms with van der Waals surface area (Å²) in [7, 11) is -3.64. The molecule has 11 heteroatoms. The molecule has 35 heavy (non-hydrogen) atoms. The number of aromatic nitrogens is 3. The van der Waals surface area contributed by atoms with Gasteiger partial charge in [0.1, 0.15) is 17.4 Å². The molecule has 0 bridgehead atoms. The number of benzene rings is 1. The molecule has 0 spiro atoms. The van der Waals surface area contributed by atoms with E-state index in [1.165, 1.54) is 6.08 Å². The summed E-state index contributed by atoms with van der Waals surface area (Å²) in [6.07, 6.45) is 1.50. The first-order valence-electron chi connectivity index (χ1n) is 11.0. The van der Waals surface area contributed by atoms with E-state index in [1.54, 1.807) is 13.8 Å². The fourth-order valence-electron chi connectivity index (χ4n) is 3.56. The van der Waals surface area contributed by atoms with Crippen molar-refractivity contribution in [1.29, 1.82) is 5.26 Å². The Morgan fingerprint density at radius 1 is 1.29 bits per heavy atom. The Kier molecular flexibility index (Phi) is 8.09. The second-order valence-electron chi connectivity index (χ2n) is 8.27. The van der Waals surface area contributed by atoms with Crippen LogP contribution in [0.5, 0.6) is 5.75 Å². The van der Waals surface area contributed by atoms with Crippen LogP contribution in [-0.2, 0) is 14.6 Å². The van der Waals surface area contributed by atoms with E-state index in [4.69, 9.17) is 4.74 Å². The summed E-state index contributed by atoms with van der Waals surface area (Å²) in [4.78, 5) is 16.7. The Hall–Kier alpha value is -3.49. The molecule has 0 saturated carbocycles. The fourth-order valence-corrected chi connectivity index (χ4v) is 5.91. The van der Waals surface area contributed by atoms with Crippen molar-refractivity contribution >= 4 is 38.5 Å². The lowest BCUT2D eigenvalue weighted by Gasteiger charge is -2.11. The highest BCUT2D eigenvalue weighted by Crippen LogP contribution is 2.25. The molecule has 3 rings (SSSR count). The number of amides is 1. The van der Waals surface area contributed by atoms with Crippen LogP contribution in [-0.4, -0.2) is 40.6 Å². The average molecular weight is 514 g/mol. The third kappa shape index (κ3) is 6.15. The zero-order chi connectivity index (χ0) is 25.8. The number of rotatable bonds is 9. The van der Waals surface area contributed by atoms with Gasteiger partial charge >= 0.3 is 0 Å². The van der Waals surface area contributed by atoms with Crippen LogP contribution < -0.4 is 10.1 Å². The second-order valence-corrected chi connectivity index (χ2v) is 10.9. The summed E-state index contributed by atoms with van der Waals surface area (Å²) in [6, 6.07) is 11.5. The number of nitrogens with zero attached hydrogens (tertiary/aromatic N) is 4. The summed E-state index contributed by atoms with van der Waals surface area (Å²) < 4.78 is 36.0. The van der Waals surface area contributed by atoms with Crippen molar-refractivity contribution in [3.8, 4) is 17.5 Å². The highest BCUT2D eigenvalue weighted by atomic mass is 32.2. The van der Waals surface area contributed by atoms with Gasteiger partial charge in [0.2, 0.25) is 15.0 Å². The molecule has 184 valence electrons. The summed E-state index contributed by atoms with van der Waals surface area (Å²) in [6.45, 7) is 9.91. The molecule has 2 heterocycles. The minimum Gasteiger partial charge on any atom is -0.494 e. The Bertz CT molecular complexity index is 1390. The average Bonchev–Trinajstić information content (AvgIpc) is 3.36. The topological polar surface area (TPSA) is 127 Å². The van der Waals surface area contributed by atoms with Gasteiger partial charge in [0.05, 0.1) is 12.4 Å². The molecule has 2 aromatic heterocycles. The normalized spacial score (nSPS) is 12.0. The van der Waals surface area contributed by atoms with E-state index in [9.17, 15) is 18.5 Å². The van der Waals surface area contributed by atoms with E-state index < -0.39 is 15.7 Å². The zero-order valence-corrected chi connectivity index (χ0v) is 21.8. The van der Waals surface area contributed by atoms with Crippen LogP contribution in [0.25, 0.3) is 11.8 Å². The van der Waals surface area contributed by atoms with Gasteiger partial charge in [0.25, 0.3) is 11.1 Å². The molecule has 1 amide bonds. The van der Waals surface area contributed by atoms with Crippen molar-refractivity contribution in [3.05, 3.63) is 52.9 Å². The lowest BCUT2D eigenvalue weighted by atomic mass is 10.1. The van der Waals surface area contributed by atoms with E-state index in [2.05, 4.69) is 14.7 Å². The molecule has 0 fully saturated rings. The van der Waals surface area contributed by atoms with Crippen LogP contribution in [0.4, 0.5) is 5.13 Å². The van der Waals surface area contributed by atoms with E-state index in [0.717, 1.165) is 34.4 Å². The first kappa shape index (κ1) is 26.1. The van der Waals surface area contributed by atoms with Gasteiger partial charge in [0, 0.05) is 28.6 Å². The highest BCUT2D eigenvalue weighted by molar-refractivity contribution is 7.91. The monoisotopic (exact) mass is 513 g/mol. The third-order valence-electron chi connectivity index (χ3n) is 5.00. The van der Waals surface area contributed by atoms with E-state index in [1.807, 2.05) is 61.7 Å². The minimum atomic E-state index is -3.64. The zero-order valence-electron chi connectivity index (χ0n) is 20.2. The van der Waals surface area contributed by atoms with Crippen LogP contribution in [0.2, 0.25) is 0 Å². The number of hydrogen-bond acceptors (Lipinski definition) is 8. The SMILES string of the molecule is CCOc1ccc(-n2c(C)cc(/C=C(/C#N)C(=O)Nc3nc(S(=O)(=O)CC(C)C)ns3)c2C)cc1. The van der Waals surface area contributed by atoms with Gasteiger partial charge < -0.3 is 9.30 Å². The fraction of sp³-hybridized carbons (Fsp3) is 0.333. The van der Waals surface area contributed by atoms with Crippen LogP contribution in [0, 0.1) is 31.1 Å². The maximum absolute atomic E-state index is 12.7. The number of nitrogens with one attached hydrogen (secondary N) is 1. The maximum atomic E-state index is 12.7. The minimum absolute atomic E-state index is 0.0124. The van der Waals surface area contributed by atoms with Gasteiger partial charge in [-0.05, 0) is 68.7 Å². The van der Waals surface area contributed by atoms with Gasteiger partial charge in [0.15, 0.2) is 0 Å². The molecule has 0 radical (unpaired) electrons. The maximum Gasteiger partial charge on any atom is 0.268 e. The van der Waals surface area contributed by atoms with Crippen LogP contribution >= 0.6 is 11.5 Å². The Balaban J connectivity index is 1.83. The first-order chi connectivity index (χ1) is 16.6. The van der Waals surface area contributed by atoms with Crippen LogP contribution in [0.15, 0.2) is 41.1 Å². The number of carbonyl (C=O) groups is 1. The van der Waals surface area contributed by atoms with E-state index >= 15 is 0 Å². The third-order valence-corrected chi connectivity index (χ3v) is 7.59. The molecular formula is C24H27N5O4S2. The molecule has 0 aliphatic rings. The summed E-state index contributed by atoms with van der Waals surface area (Å²) in [5.41, 5.74) is 3.28. The standard InChI is InChI=1S/C24H27N5O4S2/c1-6-33-21-9-7-20(8-10-21)29-16(4)11-18(17(29)5)12-19(13-25)22(30)26-23-27-24(28-34-23)35(31,32)14-15(2)3/h7-12,15H,6,14H2,1-5H3,(H,26,27,28,30)/b19-12-. The predicted molar refractivity (Wildman–Crippen MR) is 135 cm³/mol. The van der Waals surface area contributed by atoms with E-state index in [0.29, 0.717) is 12.2 Å². The number of anilines is 1. The second kappa shape index (κ2) is 10.8. The largest absolute Gasteiger partial charge is 0.494 e. The highest BCUT2D eigenvalue weighted by Gasteiger charge is 2.23. The molecule has 1 N–H and O–H groups in total. The summed E-state index contributed by atoms with van der Waals surface area (Å²) >= 11 is 0.754. The quantitative estimate of drug-likeness (QED) is 0.333. The van der Waals surface area contributed by atoms with Gasteiger partial charge in [-0.2, -0.15) is 14.6 Å². The molecule has 3 aromatic rings. The smallest absolute Gasteiger partial charge is 0.268 e. The number of aryl methyl sites for hydroxylation is 1. The van der Waals surface area contributed by atoms with Crippen molar-refractivity contribution in [3.63, 3.8) is 0 Å². The molecule has 1 aromatic carbocycles. The van der Waals surface area contributed by atoms with Crippen molar-refractivity contribution in [2.75, 3.05) is 17.7 Å². The Morgan fingerprint density at radius 2 is 1.97 bits per heavy atom. The Labute approximate surface area is 209 Å². The number of carbonyl (C=O) groups excluding carboxylic acids is 1. The van der Waals surface area contributed by atoms with Gasteiger partial charge in [-0.15, -0.1) is 0 Å². The summed E-state index contributed by atoms with van der Waals surface area (Å²) in [5, 5.41) is 11.8. The lowest BCUT2D eigenvalue weighted by molar-refractivity contribution is -0.112. The summed E-state index contributed by atoms with van der Waals surface area (Å²) in [5.74, 6) is -0.0949. The first-order valence-corrected chi connectivity index (χ1v) is 13.4. The van der Waals surface area contributed by atoms with Crippen LogP contribution in [0.1, 0.15) is 37.7 Å². The predicted octanol–water partition coefficient (Wildman–Crippen LogP) is 4.32. The number of ether oxygens (including phenoxy) is 1. The Morgan fingerprint density at radius 3 is 2.57 bits per heavy atom. The number of nitriles is 1. The van der Waals surface area contributed by atoms with Gasteiger partial charge in [-0.3, -0.25) is 10.1 Å². The molecule has 0 atom stereocenters. The van der Waals surface area contributed by atoms with Crippen LogP contribution in [0.3, 0.4) is 0 Å². The molecule has 9 nitrogen and oxygen atoms in total. The molecular weight excluding hydrogens is 486 g/mol. The number of hydrogen-bond donors (Lipinski definition) is 1. The molecule has 0 saturated heterocycles. The van der Waals surface area contributed by atoms with Crippen molar-refractivity contribution < 1.29 is 17.9 Å². The van der Waals surface area contributed by atoms with E-state index in [-0.39, 0.29) is 27.5 Å². The van der Waals surface area contributed by atoms with Crippen molar-refractivity contribution in [1.82, 2.24) is 13.9 Å². The number of sulfone groups is 1. The van der Waals surface area contributed by atoms with Crippen molar-refractivity contribution in [2.24, 2.45) is 5.92 Å². The van der Waals surface area contributed by atoms with Gasteiger partial charge in [-0.25, -0.2) is 8.42 Å². The lowest BCUT2D eigenvalue weighted by Crippen LogP contribution is -2.15.